The lowest BCUT2D eigenvalue weighted by Gasteiger charge is -2.35. The van der Waals surface area contributed by atoms with Crippen molar-refractivity contribution in [3.8, 4) is 0 Å². The smallest absolute Gasteiger partial charge is 0.0427 e. The van der Waals surface area contributed by atoms with Crippen LogP contribution in [-0.4, -0.2) is 19.6 Å². The van der Waals surface area contributed by atoms with E-state index in [4.69, 9.17) is 11.6 Å². The Hall–Kier alpha value is -0.730. The molecule has 2 saturated heterocycles. The summed E-state index contributed by atoms with van der Waals surface area (Å²) in [6.07, 6.45) is 6.45. The number of piperidine rings is 1. The standard InChI is InChI=1S/C16H23ClN2/c1-16(8-5-9-18-16)14-12-13(17)6-7-15(14)19-10-3-2-4-11-19/h6-7,12,18H,2-5,8-11H2,1H3. The molecule has 19 heavy (non-hydrogen) atoms. The van der Waals surface area contributed by atoms with E-state index in [0.29, 0.717) is 0 Å². The summed E-state index contributed by atoms with van der Waals surface area (Å²) in [5.41, 5.74) is 2.87. The molecule has 1 unspecified atom stereocenters. The number of nitrogens with zero attached hydrogens (tertiary/aromatic N) is 1. The summed E-state index contributed by atoms with van der Waals surface area (Å²) in [4.78, 5) is 2.54. The molecule has 104 valence electrons. The third kappa shape index (κ3) is 2.61. The van der Waals surface area contributed by atoms with E-state index in [9.17, 15) is 0 Å². The predicted molar refractivity (Wildman–Crippen MR) is 82.1 cm³/mol. The lowest BCUT2D eigenvalue weighted by Crippen LogP contribution is -2.37. The van der Waals surface area contributed by atoms with Crippen molar-refractivity contribution in [1.82, 2.24) is 5.32 Å². The Labute approximate surface area is 121 Å². The van der Waals surface area contributed by atoms with E-state index in [1.54, 1.807) is 0 Å². The SMILES string of the molecule is CC1(c2cc(Cl)ccc2N2CCCCC2)CCCN1. The molecule has 0 radical (unpaired) electrons. The highest BCUT2D eigenvalue weighted by Crippen LogP contribution is 2.38. The van der Waals surface area contributed by atoms with Gasteiger partial charge in [0, 0.05) is 29.3 Å². The van der Waals surface area contributed by atoms with Gasteiger partial charge in [-0.1, -0.05) is 11.6 Å². The molecule has 3 heteroatoms. The monoisotopic (exact) mass is 278 g/mol. The molecule has 3 rings (SSSR count). The molecule has 2 fully saturated rings. The van der Waals surface area contributed by atoms with Gasteiger partial charge in [-0.25, -0.2) is 0 Å². The molecule has 1 atom stereocenters. The second-order valence-electron chi connectivity index (χ2n) is 6.07. The molecule has 0 saturated carbocycles. The summed E-state index contributed by atoms with van der Waals surface area (Å²) in [5, 5.41) is 4.52. The normalized spacial score (nSPS) is 27.8. The van der Waals surface area contributed by atoms with Crippen molar-refractivity contribution in [2.45, 2.75) is 44.6 Å². The third-order valence-electron chi connectivity index (χ3n) is 4.62. The first-order valence-corrected chi connectivity index (χ1v) is 7.87. The Morgan fingerprint density at radius 1 is 1.16 bits per heavy atom. The van der Waals surface area contributed by atoms with Crippen LogP contribution in [0.1, 0.15) is 44.6 Å². The van der Waals surface area contributed by atoms with Crippen molar-refractivity contribution >= 4 is 17.3 Å². The second kappa shape index (κ2) is 5.34. The van der Waals surface area contributed by atoms with Crippen LogP contribution >= 0.6 is 11.6 Å². The molecule has 1 aromatic carbocycles. The van der Waals surface area contributed by atoms with Crippen molar-refractivity contribution in [2.75, 3.05) is 24.5 Å². The zero-order valence-corrected chi connectivity index (χ0v) is 12.5. The quantitative estimate of drug-likeness (QED) is 0.882. The van der Waals surface area contributed by atoms with Crippen molar-refractivity contribution in [1.29, 1.82) is 0 Å². The summed E-state index contributed by atoms with van der Waals surface area (Å²) in [6.45, 7) is 5.80. The van der Waals surface area contributed by atoms with E-state index in [0.717, 1.165) is 11.6 Å². The van der Waals surface area contributed by atoms with Gasteiger partial charge in [-0.05, 0) is 69.3 Å². The first-order chi connectivity index (χ1) is 9.19. The van der Waals surface area contributed by atoms with Crippen LogP contribution < -0.4 is 10.2 Å². The molecule has 2 aliphatic heterocycles. The Bertz CT molecular complexity index is 446. The number of anilines is 1. The highest BCUT2D eigenvalue weighted by atomic mass is 35.5. The summed E-state index contributed by atoms with van der Waals surface area (Å²) in [7, 11) is 0. The van der Waals surface area contributed by atoms with Crippen molar-refractivity contribution in [3.63, 3.8) is 0 Å². The van der Waals surface area contributed by atoms with Gasteiger partial charge in [0.2, 0.25) is 0 Å². The van der Waals surface area contributed by atoms with E-state index >= 15 is 0 Å². The van der Waals surface area contributed by atoms with Crippen molar-refractivity contribution in [2.24, 2.45) is 0 Å². The minimum absolute atomic E-state index is 0.0949. The zero-order valence-electron chi connectivity index (χ0n) is 11.7. The highest BCUT2D eigenvalue weighted by Gasteiger charge is 2.33. The van der Waals surface area contributed by atoms with Crippen LogP contribution in [0.5, 0.6) is 0 Å². The van der Waals surface area contributed by atoms with Gasteiger partial charge in [0.05, 0.1) is 0 Å². The van der Waals surface area contributed by atoms with Crippen molar-refractivity contribution < 1.29 is 0 Å². The summed E-state index contributed by atoms with van der Waals surface area (Å²) >= 11 is 6.25. The van der Waals surface area contributed by atoms with Crippen LogP contribution in [-0.2, 0) is 5.54 Å². The Morgan fingerprint density at radius 2 is 1.95 bits per heavy atom. The third-order valence-corrected chi connectivity index (χ3v) is 4.85. The molecule has 1 N–H and O–H groups in total. The Kier molecular flexibility index (Phi) is 3.72. The molecule has 2 heterocycles. The maximum Gasteiger partial charge on any atom is 0.0427 e. The van der Waals surface area contributed by atoms with Gasteiger partial charge in [-0.15, -0.1) is 0 Å². The molecule has 0 amide bonds. The van der Waals surface area contributed by atoms with Crippen molar-refractivity contribution in [3.05, 3.63) is 28.8 Å². The van der Waals surface area contributed by atoms with E-state index in [1.165, 1.54) is 56.4 Å². The van der Waals surface area contributed by atoms with Gasteiger partial charge in [0.1, 0.15) is 0 Å². The average molecular weight is 279 g/mol. The highest BCUT2D eigenvalue weighted by molar-refractivity contribution is 6.30. The average Bonchev–Trinajstić information content (AvgIpc) is 2.88. The van der Waals surface area contributed by atoms with Crippen LogP contribution in [0, 0.1) is 0 Å². The Balaban J connectivity index is 1.98. The first kappa shape index (κ1) is 13.3. The van der Waals surface area contributed by atoms with Gasteiger partial charge in [0.25, 0.3) is 0 Å². The molecular weight excluding hydrogens is 256 g/mol. The van der Waals surface area contributed by atoms with E-state index < -0.39 is 0 Å². The van der Waals surface area contributed by atoms with Gasteiger partial charge >= 0.3 is 0 Å². The molecule has 0 spiro atoms. The Morgan fingerprint density at radius 3 is 2.63 bits per heavy atom. The number of halogens is 1. The topological polar surface area (TPSA) is 15.3 Å². The summed E-state index contributed by atoms with van der Waals surface area (Å²) in [5.74, 6) is 0. The molecule has 0 aromatic heterocycles. The summed E-state index contributed by atoms with van der Waals surface area (Å²) in [6, 6.07) is 6.42. The van der Waals surface area contributed by atoms with Crippen LogP contribution in [0.2, 0.25) is 5.02 Å². The molecular formula is C16H23ClN2. The van der Waals surface area contributed by atoms with Crippen LogP contribution in [0.4, 0.5) is 5.69 Å². The van der Waals surface area contributed by atoms with Crippen LogP contribution in [0.15, 0.2) is 18.2 Å². The van der Waals surface area contributed by atoms with Gasteiger partial charge in [-0.3, -0.25) is 0 Å². The largest absolute Gasteiger partial charge is 0.371 e. The fraction of sp³-hybridized carbons (Fsp3) is 0.625. The second-order valence-corrected chi connectivity index (χ2v) is 6.51. The number of rotatable bonds is 2. The zero-order chi connectivity index (χ0) is 13.3. The maximum absolute atomic E-state index is 6.25. The van der Waals surface area contributed by atoms with Crippen LogP contribution in [0.25, 0.3) is 0 Å². The number of benzene rings is 1. The number of nitrogens with one attached hydrogen (secondary N) is 1. The lowest BCUT2D eigenvalue weighted by atomic mass is 9.88. The van der Waals surface area contributed by atoms with Gasteiger partial charge in [-0.2, -0.15) is 0 Å². The molecule has 2 aliphatic rings. The van der Waals surface area contributed by atoms with E-state index in [1.807, 2.05) is 6.07 Å². The molecule has 0 aliphatic carbocycles. The number of hydrogen-bond acceptors (Lipinski definition) is 2. The molecule has 0 bridgehead atoms. The van der Waals surface area contributed by atoms with E-state index in [-0.39, 0.29) is 5.54 Å². The van der Waals surface area contributed by atoms with Gasteiger partial charge < -0.3 is 10.2 Å². The molecule has 2 nitrogen and oxygen atoms in total. The minimum atomic E-state index is 0.0949. The fourth-order valence-electron chi connectivity index (χ4n) is 3.49. The number of hydrogen-bond donors (Lipinski definition) is 1. The lowest BCUT2D eigenvalue weighted by molar-refractivity contribution is 0.432. The first-order valence-electron chi connectivity index (χ1n) is 7.49. The fourth-order valence-corrected chi connectivity index (χ4v) is 3.66. The summed E-state index contributed by atoms with van der Waals surface area (Å²) < 4.78 is 0. The minimum Gasteiger partial charge on any atom is -0.371 e. The predicted octanol–water partition coefficient (Wildman–Crippen LogP) is 3.93. The van der Waals surface area contributed by atoms with Gasteiger partial charge in [0.15, 0.2) is 0 Å². The maximum atomic E-state index is 6.25. The van der Waals surface area contributed by atoms with Crippen LogP contribution in [0.3, 0.4) is 0 Å². The van der Waals surface area contributed by atoms with E-state index in [2.05, 4.69) is 29.3 Å². The molecule has 1 aromatic rings.